The van der Waals surface area contributed by atoms with Crippen LogP contribution in [0, 0.1) is 0 Å². The zero-order chi connectivity index (χ0) is 11.9. The number of fused-ring (bicyclic) bond motifs is 1. The molecule has 1 aliphatic heterocycles. The Morgan fingerprint density at radius 2 is 2.06 bits per heavy atom. The summed E-state index contributed by atoms with van der Waals surface area (Å²) in [7, 11) is 0. The molecule has 0 radical (unpaired) electrons. The summed E-state index contributed by atoms with van der Waals surface area (Å²) in [6.45, 7) is 5.36. The van der Waals surface area contributed by atoms with Crippen LogP contribution in [0.5, 0.6) is 0 Å². The van der Waals surface area contributed by atoms with Crippen molar-refractivity contribution in [3.63, 3.8) is 0 Å². The zero-order valence-electron chi connectivity index (χ0n) is 9.76. The molecule has 0 bridgehead atoms. The standard InChI is InChI=1S/C13H15NO2/c1-8(15)6-9-4-5-11-10(7-9)13(2,3)12(16)14-11/h4-5,7H,6H2,1-3H3,(H,14,16). The van der Waals surface area contributed by atoms with Crippen LogP contribution in [0.1, 0.15) is 31.9 Å². The molecule has 1 heterocycles. The summed E-state index contributed by atoms with van der Waals surface area (Å²) in [4.78, 5) is 22.8. The summed E-state index contributed by atoms with van der Waals surface area (Å²) in [5.41, 5.74) is 2.32. The van der Waals surface area contributed by atoms with E-state index in [4.69, 9.17) is 0 Å². The fourth-order valence-corrected chi connectivity index (χ4v) is 2.02. The van der Waals surface area contributed by atoms with Crippen molar-refractivity contribution in [3.8, 4) is 0 Å². The van der Waals surface area contributed by atoms with Crippen LogP contribution in [-0.2, 0) is 21.4 Å². The highest BCUT2D eigenvalue weighted by Crippen LogP contribution is 2.37. The number of amides is 1. The highest BCUT2D eigenvalue weighted by atomic mass is 16.2. The second kappa shape index (κ2) is 3.44. The van der Waals surface area contributed by atoms with E-state index in [-0.39, 0.29) is 11.7 Å². The first-order valence-electron chi connectivity index (χ1n) is 5.35. The van der Waals surface area contributed by atoms with Crippen LogP contribution in [0.2, 0.25) is 0 Å². The van der Waals surface area contributed by atoms with E-state index in [1.807, 2.05) is 32.0 Å². The molecule has 1 amide bonds. The maximum absolute atomic E-state index is 11.7. The van der Waals surface area contributed by atoms with Crippen molar-refractivity contribution in [3.05, 3.63) is 29.3 Å². The van der Waals surface area contributed by atoms with Gasteiger partial charge in [0, 0.05) is 12.1 Å². The largest absolute Gasteiger partial charge is 0.325 e. The number of Topliss-reactive ketones (excluding diaryl/α,β-unsaturated/α-hetero) is 1. The van der Waals surface area contributed by atoms with Gasteiger partial charge in [0.25, 0.3) is 0 Å². The van der Waals surface area contributed by atoms with Gasteiger partial charge in [-0.2, -0.15) is 0 Å². The van der Waals surface area contributed by atoms with Gasteiger partial charge in [-0.25, -0.2) is 0 Å². The van der Waals surface area contributed by atoms with Crippen molar-refractivity contribution >= 4 is 17.4 Å². The van der Waals surface area contributed by atoms with Gasteiger partial charge in [0.15, 0.2) is 0 Å². The van der Waals surface area contributed by atoms with Crippen LogP contribution < -0.4 is 5.32 Å². The van der Waals surface area contributed by atoms with Crippen LogP contribution in [0.3, 0.4) is 0 Å². The molecule has 0 atom stereocenters. The van der Waals surface area contributed by atoms with Crippen molar-refractivity contribution in [2.75, 3.05) is 5.32 Å². The van der Waals surface area contributed by atoms with Gasteiger partial charge in [0.1, 0.15) is 5.78 Å². The molecule has 3 nitrogen and oxygen atoms in total. The molecule has 1 aromatic rings. The molecule has 0 aromatic heterocycles. The molecule has 84 valence electrons. The number of hydrogen-bond donors (Lipinski definition) is 1. The molecular weight excluding hydrogens is 202 g/mol. The summed E-state index contributed by atoms with van der Waals surface area (Å²) >= 11 is 0. The Morgan fingerprint density at radius 1 is 1.38 bits per heavy atom. The van der Waals surface area contributed by atoms with Crippen molar-refractivity contribution < 1.29 is 9.59 Å². The lowest BCUT2D eigenvalue weighted by atomic mass is 9.85. The number of hydrogen-bond acceptors (Lipinski definition) is 2. The zero-order valence-corrected chi connectivity index (χ0v) is 9.76. The van der Waals surface area contributed by atoms with Gasteiger partial charge in [0.2, 0.25) is 5.91 Å². The molecule has 0 aliphatic carbocycles. The first-order chi connectivity index (χ1) is 7.41. The van der Waals surface area contributed by atoms with Crippen molar-refractivity contribution in [2.24, 2.45) is 0 Å². The number of benzene rings is 1. The molecule has 0 saturated carbocycles. The highest BCUT2D eigenvalue weighted by molar-refractivity contribution is 6.05. The second-order valence-corrected chi connectivity index (χ2v) is 4.84. The average Bonchev–Trinajstić information content (AvgIpc) is 2.39. The number of carbonyl (C=O) groups excluding carboxylic acids is 2. The summed E-state index contributed by atoms with van der Waals surface area (Å²) in [5.74, 6) is 0.150. The van der Waals surface area contributed by atoms with E-state index in [1.165, 1.54) is 0 Å². The van der Waals surface area contributed by atoms with Crippen LogP contribution in [-0.4, -0.2) is 11.7 Å². The van der Waals surface area contributed by atoms with E-state index in [0.717, 1.165) is 16.8 Å². The third-order valence-corrected chi connectivity index (χ3v) is 3.03. The smallest absolute Gasteiger partial charge is 0.234 e. The quantitative estimate of drug-likeness (QED) is 0.824. The molecule has 1 N–H and O–H groups in total. The SMILES string of the molecule is CC(=O)Cc1ccc2c(c1)C(C)(C)C(=O)N2. The highest BCUT2D eigenvalue weighted by Gasteiger charge is 2.38. The fourth-order valence-electron chi connectivity index (χ4n) is 2.02. The molecule has 0 fully saturated rings. The summed E-state index contributed by atoms with van der Waals surface area (Å²) in [5, 5.41) is 2.84. The number of carbonyl (C=O) groups is 2. The molecule has 0 spiro atoms. The Labute approximate surface area is 94.9 Å². The monoisotopic (exact) mass is 217 g/mol. The third kappa shape index (κ3) is 1.62. The summed E-state index contributed by atoms with van der Waals surface area (Å²) in [6, 6.07) is 5.72. The van der Waals surface area contributed by atoms with Crippen molar-refractivity contribution in [1.82, 2.24) is 0 Å². The van der Waals surface area contributed by atoms with E-state index < -0.39 is 5.41 Å². The van der Waals surface area contributed by atoms with E-state index in [2.05, 4.69) is 5.32 Å². The number of ketones is 1. The predicted octanol–water partition coefficient (Wildman–Crippen LogP) is 2.05. The topological polar surface area (TPSA) is 46.2 Å². The van der Waals surface area contributed by atoms with Crippen LogP contribution in [0.25, 0.3) is 0 Å². The first kappa shape index (κ1) is 10.9. The number of nitrogens with one attached hydrogen (secondary N) is 1. The Hall–Kier alpha value is -1.64. The predicted molar refractivity (Wildman–Crippen MR) is 62.5 cm³/mol. The first-order valence-corrected chi connectivity index (χ1v) is 5.35. The van der Waals surface area contributed by atoms with Gasteiger partial charge >= 0.3 is 0 Å². The van der Waals surface area contributed by atoms with Crippen LogP contribution >= 0.6 is 0 Å². The van der Waals surface area contributed by atoms with Gasteiger partial charge in [-0.15, -0.1) is 0 Å². The van der Waals surface area contributed by atoms with Gasteiger partial charge in [-0.3, -0.25) is 9.59 Å². The van der Waals surface area contributed by atoms with E-state index in [9.17, 15) is 9.59 Å². The molecule has 0 unspecified atom stereocenters. The Morgan fingerprint density at radius 3 is 2.69 bits per heavy atom. The maximum atomic E-state index is 11.7. The molecule has 2 rings (SSSR count). The second-order valence-electron chi connectivity index (χ2n) is 4.84. The molecule has 1 aliphatic rings. The molecule has 3 heteroatoms. The number of rotatable bonds is 2. The minimum atomic E-state index is -0.498. The molecular formula is C13H15NO2. The lowest BCUT2D eigenvalue weighted by Crippen LogP contribution is -2.26. The summed E-state index contributed by atoms with van der Waals surface area (Å²) < 4.78 is 0. The Bertz CT molecular complexity index is 475. The maximum Gasteiger partial charge on any atom is 0.234 e. The third-order valence-electron chi connectivity index (χ3n) is 3.03. The molecule has 0 saturated heterocycles. The van der Waals surface area contributed by atoms with Gasteiger partial charge < -0.3 is 5.32 Å². The van der Waals surface area contributed by atoms with E-state index >= 15 is 0 Å². The van der Waals surface area contributed by atoms with Gasteiger partial charge in [-0.05, 0) is 38.0 Å². The van der Waals surface area contributed by atoms with E-state index in [0.29, 0.717) is 6.42 Å². The lowest BCUT2D eigenvalue weighted by Gasteiger charge is -2.15. The summed E-state index contributed by atoms with van der Waals surface area (Å²) in [6.07, 6.45) is 0.428. The van der Waals surface area contributed by atoms with Gasteiger partial charge in [-0.1, -0.05) is 12.1 Å². The minimum absolute atomic E-state index is 0.0162. The normalized spacial score (nSPS) is 16.8. The van der Waals surface area contributed by atoms with Crippen molar-refractivity contribution in [1.29, 1.82) is 0 Å². The fraction of sp³-hybridized carbons (Fsp3) is 0.385. The minimum Gasteiger partial charge on any atom is -0.325 e. The Kier molecular flexibility index (Phi) is 2.34. The average molecular weight is 217 g/mol. The van der Waals surface area contributed by atoms with Crippen LogP contribution in [0.4, 0.5) is 5.69 Å². The Balaban J connectivity index is 2.44. The van der Waals surface area contributed by atoms with Crippen LogP contribution in [0.15, 0.2) is 18.2 Å². The molecule has 1 aromatic carbocycles. The van der Waals surface area contributed by atoms with Crippen molar-refractivity contribution in [2.45, 2.75) is 32.6 Å². The van der Waals surface area contributed by atoms with Gasteiger partial charge in [0.05, 0.1) is 5.41 Å². The molecule has 16 heavy (non-hydrogen) atoms. The van der Waals surface area contributed by atoms with E-state index in [1.54, 1.807) is 6.92 Å². The number of anilines is 1. The lowest BCUT2D eigenvalue weighted by molar-refractivity contribution is -0.119.